The van der Waals surface area contributed by atoms with Gasteiger partial charge >= 0.3 is 6.03 Å². The number of benzene rings is 2. The number of amides is 3. The molecular weight excluding hydrogens is 440 g/mol. The van der Waals surface area contributed by atoms with Gasteiger partial charge in [0.05, 0.1) is 6.54 Å². The molecule has 0 aliphatic heterocycles. The van der Waals surface area contributed by atoms with Crippen molar-refractivity contribution in [1.82, 2.24) is 15.6 Å². The molecule has 30 heavy (non-hydrogen) atoms. The van der Waals surface area contributed by atoms with E-state index in [1.54, 1.807) is 17.1 Å². The predicted molar refractivity (Wildman–Crippen MR) is 124 cm³/mol. The van der Waals surface area contributed by atoms with Gasteiger partial charge in [-0.2, -0.15) is 0 Å². The highest BCUT2D eigenvalue weighted by atomic mass is 35.5. The van der Waals surface area contributed by atoms with E-state index in [2.05, 4.69) is 20.9 Å². The lowest BCUT2D eigenvalue weighted by Gasteiger charge is -2.07. The molecule has 0 fully saturated rings. The maximum Gasteiger partial charge on any atom is 0.319 e. The Balaban J connectivity index is 1.42. The van der Waals surface area contributed by atoms with Crippen molar-refractivity contribution in [3.05, 3.63) is 75.2 Å². The van der Waals surface area contributed by atoms with Crippen LogP contribution in [0.25, 0.3) is 0 Å². The number of carbonyl (C=O) groups excluding carboxylic acids is 2. The van der Waals surface area contributed by atoms with Crippen molar-refractivity contribution in [1.29, 1.82) is 0 Å². The number of rotatable bonds is 8. The third kappa shape index (κ3) is 6.76. The molecule has 156 valence electrons. The maximum atomic E-state index is 12.3. The summed E-state index contributed by atoms with van der Waals surface area (Å²) < 4.78 is 0. The maximum absolute atomic E-state index is 12.3. The van der Waals surface area contributed by atoms with E-state index in [0.717, 1.165) is 10.5 Å². The third-order valence-corrected chi connectivity index (χ3v) is 5.95. The Hall–Kier alpha value is -2.55. The molecule has 1 aromatic heterocycles. The monoisotopic (exact) mass is 460 g/mol. The predicted octanol–water partition coefficient (Wildman–Crippen LogP) is 4.81. The summed E-state index contributed by atoms with van der Waals surface area (Å²) in [5.41, 5.74) is 2.11. The van der Waals surface area contributed by atoms with Crippen LogP contribution in [-0.2, 0) is 13.0 Å². The number of urea groups is 1. The number of thiazole rings is 1. The number of anilines is 1. The quantitative estimate of drug-likeness (QED) is 0.421. The van der Waals surface area contributed by atoms with Crippen LogP contribution in [0.5, 0.6) is 0 Å². The van der Waals surface area contributed by atoms with Crippen LogP contribution in [0, 0.1) is 0 Å². The average molecular weight is 461 g/mol. The lowest BCUT2D eigenvalue weighted by Crippen LogP contribution is -2.28. The summed E-state index contributed by atoms with van der Waals surface area (Å²) in [5.74, 6) is -0.238. The summed E-state index contributed by atoms with van der Waals surface area (Å²) in [6.45, 7) is 0.733. The SMILES string of the molecule is CSc1ccc(NC(=O)NCc2nc(C(=O)NCCc3cccc(Cl)c3)cs2)cc1. The number of hydrogen-bond donors (Lipinski definition) is 3. The van der Waals surface area contributed by atoms with Crippen molar-refractivity contribution in [2.24, 2.45) is 0 Å². The van der Waals surface area contributed by atoms with Gasteiger partial charge in [-0.3, -0.25) is 4.79 Å². The van der Waals surface area contributed by atoms with Crippen LogP contribution >= 0.6 is 34.7 Å². The fourth-order valence-corrected chi connectivity index (χ4v) is 3.94. The van der Waals surface area contributed by atoms with Crippen LogP contribution in [0.1, 0.15) is 21.1 Å². The first kappa shape index (κ1) is 22.1. The molecule has 0 aliphatic carbocycles. The second-order valence-corrected chi connectivity index (χ2v) is 8.56. The number of thioether (sulfide) groups is 1. The van der Waals surface area contributed by atoms with Crippen LogP contribution in [0.3, 0.4) is 0 Å². The molecule has 9 heteroatoms. The van der Waals surface area contributed by atoms with Gasteiger partial charge in [0.1, 0.15) is 10.7 Å². The molecule has 1 heterocycles. The highest BCUT2D eigenvalue weighted by molar-refractivity contribution is 7.98. The zero-order valence-corrected chi connectivity index (χ0v) is 18.7. The van der Waals surface area contributed by atoms with Crippen LogP contribution in [-0.4, -0.2) is 29.7 Å². The van der Waals surface area contributed by atoms with Gasteiger partial charge in [0.25, 0.3) is 5.91 Å². The van der Waals surface area contributed by atoms with E-state index in [0.29, 0.717) is 34.4 Å². The van der Waals surface area contributed by atoms with E-state index in [1.165, 1.54) is 11.3 Å². The van der Waals surface area contributed by atoms with E-state index in [9.17, 15) is 9.59 Å². The van der Waals surface area contributed by atoms with Crippen LogP contribution < -0.4 is 16.0 Å². The van der Waals surface area contributed by atoms with E-state index in [4.69, 9.17) is 11.6 Å². The van der Waals surface area contributed by atoms with Crippen molar-refractivity contribution >= 4 is 52.3 Å². The zero-order chi connectivity index (χ0) is 21.3. The van der Waals surface area contributed by atoms with E-state index < -0.39 is 0 Å². The normalized spacial score (nSPS) is 10.5. The van der Waals surface area contributed by atoms with Crippen molar-refractivity contribution in [3.8, 4) is 0 Å². The molecule has 0 spiro atoms. The second-order valence-electron chi connectivity index (χ2n) is 6.30. The van der Waals surface area contributed by atoms with Crippen LogP contribution in [0.4, 0.5) is 10.5 Å². The molecule has 0 unspecified atom stereocenters. The first-order valence-corrected chi connectivity index (χ1v) is 11.7. The van der Waals surface area contributed by atoms with Gasteiger partial charge in [-0.1, -0.05) is 23.7 Å². The number of halogens is 1. The molecule has 0 radical (unpaired) electrons. The van der Waals surface area contributed by atoms with Gasteiger partial charge in [-0.05, 0) is 54.6 Å². The molecule has 2 aromatic carbocycles. The Bertz CT molecular complexity index is 1010. The van der Waals surface area contributed by atoms with Gasteiger partial charge in [-0.15, -0.1) is 23.1 Å². The van der Waals surface area contributed by atoms with Crippen molar-refractivity contribution in [2.75, 3.05) is 18.1 Å². The highest BCUT2D eigenvalue weighted by Gasteiger charge is 2.11. The molecule has 3 N–H and O–H groups in total. The number of nitrogens with one attached hydrogen (secondary N) is 3. The fourth-order valence-electron chi connectivity index (χ4n) is 2.61. The van der Waals surface area contributed by atoms with E-state index in [1.807, 2.05) is 54.8 Å². The Morgan fingerprint density at radius 2 is 1.93 bits per heavy atom. The summed E-state index contributed by atoms with van der Waals surface area (Å²) >= 11 is 8.93. The minimum Gasteiger partial charge on any atom is -0.350 e. The summed E-state index contributed by atoms with van der Waals surface area (Å²) in [5, 5.41) is 11.4. The summed E-state index contributed by atoms with van der Waals surface area (Å²) in [4.78, 5) is 29.7. The molecule has 0 aliphatic rings. The number of nitrogens with zero attached hydrogens (tertiary/aromatic N) is 1. The largest absolute Gasteiger partial charge is 0.350 e. The number of aromatic nitrogens is 1. The third-order valence-electron chi connectivity index (χ3n) is 4.12. The molecule has 3 aromatic rings. The van der Waals surface area contributed by atoms with Gasteiger partial charge < -0.3 is 16.0 Å². The van der Waals surface area contributed by atoms with E-state index in [-0.39, 0.29) is 18.5 Å². The minimum absolute atomic E-state index is 0.238. The van der Waals surface area contributed by atoms with Gasteiger partial charge in [0, 0.05) is 27.5 Å². The molecule has 3 rings (SSSR count). The molecule has 3 amide bonds. The highest BCUT2D eigenvalue weighted by Crippen LogP contribution is 2.17. The Morgan fingerprint density at radius 3 is 2.67 bits per heavy atom. The Kier molecular flexibility index (Phi) is 8.12. The fraction of sp³-hybridized carbons (Fsp3) is 0.190. The molecule has 0 bridgehead atoms. The molecular formula is C21H21ClN4O2S2. The lowest BCUT2D eigenvalue weighted by atomic mass is 10.1. The first-order valence-electron chi connectivity index (χ1n) is 9.19. The number of hydrogen-bond acceptors (Lipinski definition) is 5. The summed E-state index contributed by atoms with van der Waals surface area (Å²) in [6.07, 6.45) is 2.68. The minimum atomic E-state index is -0.324. The summed E-state index contributed by atoms with van der Waals surface area (Å²) in [6, 6.07) is 14.8. The lowest BCUT2D eigenvalue weighted by molar-refractivity contribution is 0.0949. The molecule has 0 atom stereocenters. The summed E-state index contributed by atoms with van der Waals surface area (Å²) in [7, 11) is 0. The van der Waals surface area contributed by atoms with Gasteiger partial charge in [0.15, 0.2) is 0 Å². The van der Waals surface area contributed by atoms with E-state index >= 15 is 0 Å². The smallest absolute Gasteiger partial charge is 0.319 e. The first-order chi connectivity index (χ1) is 14.5. The second kappa shape index (κ2) is 11.0. The molecule has 0 saturated carbocycles. The van der Waals surface area contributed by atoms with Crippen molar-refractivity contribution in [2.45, 2.75) is 17.9 Å². The van der Waals surface area contributed by atoms with Crippen molar-refractivity contribution < 1.29 is 9.59 Å². The average Bonchev–Trinajstić information content (AvgIpc) is 3.22. The zero-order valence-electron chi connectivity index (χ0n) is 16.3. The van der Waals surface area contributed by atoms with Crippen molar-refractivity contribution in [3.63, 3.8) is 0 Å². The topological polar surface area (TPSA) is 83.1 Å². The molecule has 6 nitrogen and oxygen atoms in total. The number of carbonyl (C=O) groups is 2. The van der Waals surface area contributed by atoms with Gasteiger partial charge in [0.2, 0.25) is 0 Å². The van der Waals surface area contributed by atoms with Crippen LogP contribution in [0.2, 0.25) is 5.02 Å². The molecule has 0 saturated heterocycles. The Labute approximate surface area is 188 Å². The van der Waals surface area contributed by atoms with Crippen LogP contribution in [0.15, 0.2) is 58.8 Å². The van der Waals surface area contributed by atoms with Gasteiger partial charge in [-0.25, -0.2) is 9.78 Å². The standard InChI is InChI=1S/C21H21ClN4O2S2/c1-29-17-7-5-16(6-8-17)25-21(28)24-12-19-26-18(13-30-19)20(27)23-10-9-14-3-2-4-15(22)11-14/h2-8,11,13H,9-10,12H2,1H3,(H,23,27)(H2,24,25,28). The Morgan fingerprint density at radius 1 is 1.13 bits per heavy atom.